The molecule has 0 unspecified atom stereocenters. The normalized spacial score (nSPS) is 10.5. The largest absolute Gasteiger partial charge is 0.320 e. The van der Waals surface area contributed by atoms with Crippen molar-refractivity contribution >= 4 is 39.3 Å². The molecular formula is C15H16BrN3OS. The standard InChI is InChI=1S/C15H16BrN3OS/c1-4-21-15-17-8-11(16)13(19-15)14(20)18-12-7-9(2)5-6-10(12)3/h5-8H,4H2,1-3H3,(H,18,20). The van der Waals surface area contributed by atoms with Crippen LogP contribution in [0.4, 0.5) is 5.69 Å². The molecule has 0 spiro atoms. The number of benzene rings is 1. The van der Waals surface area contributed by atoms with Gasteiger partial charge in [0.05, 0.1) is 4.47 Å². The number of rotatable bonds is 4. The summed E-state index contributed by atoms with van der Waals surface area (Å²) >= 11 is 4.84. The van der Waals surface area contributed by atoms with Gasteiger partial charge < -0.3 is 5.32 Å². The zero-order valence-corrected chi connectivity index (χ0v) is 14.5. The number of hydrogen-bond acceptors (Lipinski definition) is 4. The molecule has 1 amide bonds. The molecule has 2 rings (SSSR count). The van der Waals surface area contributed by atoms with E-state index in [0.29, 0.717) is 15.3 Å². The molecule has 6 heteroatoms. The highest BCUT2D eigenvalue weighted by Crippen LogP contribution is 2.21. The van der Waals surface area contributed by atoms with E-state index in [1.807, 2.05) is 39.0 Å². The second-order valence-electron chi connectivity index (χ2n) is 4.55. The first-order valence-electron chi connectivity index (χ1n) is 6.55. The van der Waals surface area contributed by atoms with Crippen LogP contribution in [0.15, 0.2) is 34.0 Å². The zero-order valence-electron chi connectivity index (χ0n) is 12.1. The molecule has 21 heavy (non-hydrogen) atoms. The van der Waals surface area contributed by atoms with Crippen LogP contribution in [0.5, 0.6) is 0 Å². The Morgan fingerprint density at radius 3 is 2.86 bits per heavy atom. The van der Waals surface area contributed by atoms with Crippen LogP contribution in [-0.4, -0.2) is 21.6 Å². The van der Waals surface area contributed by atoms with Gasteiger partial charge in [-0.15, -0.1) is 0 Å². The average Bonchev–Trinajstić information content (AvgIpc) is 2.45. The number of nitrogens with zero attached hydrogens (tertiary/aromatic N) is 2. The van der Waals surface area contributed by atoms with E-state index in [9.17, 15) is 4.79 Å². The predicted octanol–water partition coefficient (Wildman–Crippen LogP) is 4.22. The van der Waals surface area contributed by atoms with Gasteiger partial charge in [0.1, 0.15) is 5.69 Å². The van der Waals surface area contributed by atoms with Gasteiger partial charge in [0.2, 0.25) is 0 Å². The van der Waals surface area contributed by atoms with E-state index in [2.05, 4.69) is 31.2 Å². The number of amides is 1. The van der Waals surface area contributed by atoms with Crippen LogP contribution in [-0.2, 0) is 0 Å². The van der Waals surface area contributed by atoms with E-state index < -0.39 is 0 Å². The molecule has 0 atom stereocenters. The van der Waals surface area contributed by atoms with Crippen molar-refractivity contribution in [3.05, 3.63) is 45.7 Å². The molecule has 0 saturated heterocycles. The number of nitrogens with one attached hydrogen (secondary N) is 1. The van der Waals surface area contributed by atoms with E-state index >= 15 is 0 Å². The van der Waals surface area contributed by atoms with E-state index in [1.165, 1.54) is 11.8 Å². The zero-order chi connectivity index (χ0) is 15.4. The van der Waals surface area contributed by atoms with Crippen molar-refractivity contribution in [3.63, 3.8) is 0 Å². The van der Waals surface area contributed by atoms with E-state index in [-0.39, 0.29) is 5.91 Å². The summed E-state index contributed by atoms with van der Waals surface area (Å²) in [5, 5.41) is 3.51. The van der Waals surface area contributed by atoms with Gasteiger partial charge in [-0.25, -0.2) is 9.97 Å². The number of thioether (sulfide) groups is 1. The first-order valence-corrected chi connectivity index (χ1v) is 8.33. The Kier molecular flexibility index (Phi) is 5.36. The molecule has 0 aliphatic rings. The fraction of sp³-hybridized carbons (Fsp3) is 0.267. The number of aryl methyl sites for hydroxylation is 2. The van der Waals surface area contributed by atoms with Crippen molar-refractivity contribution in [2.24, 2.45) is 0 Å². The fourth-order valence-corrected chi connectivity index (χ4v) is 2.67. The number of carbonyl (C=O) groups is 1. The van der Waals surface area contributed by atoms with Gasteiger partial charge in [0.25, 0.3) is 5.91 Å². The molecule has 0 saturated carbocycles. The Bertz CT molecular complexity index is 676. The minimum Gasteiger partial charge on any atom is -0.320 e. The fourth-order valence-electron chi connectivity index (χ4n) is 1.76. The van der Waals surface area contributed by atoms with Gasteiger partial charge in [-0.3, -0.25) is 4.79 Å². The molecule has 0 aliphatic carbocycles. The van der Waals surface area contributed by atoms with Gasteiger partial charge >= 0.3 is 0 Å². The Morgan fingerprint density at radius 2 is 2.14 bits per heavy atom. The summed E-state index contributed by atoms with van der Waals surface area (Å²) in [6, 6.07) is 5.95. The first-order chi connectivity index (χ1) is 10.0. The SMILES string of the molecule is CCSc1ncc(Br)c(C(=O)Nc2cc(C)ccc2C)n1. The van der Waals surface area contributed by atoms with Crippen molar-refractivity contribution in [1.29, 1.82) is 0 Å². The number of anilines is 1. The van der Waals surface area contributed by atoms with Crippen LogP contribution < -0.4 is 5.32 Å². The van der Waals surface area contributed by atoms with Gasteiger partial charge in [-0.1, -0.05) is 30.8 Å². The molecular weight excluding hydrogens is 350 g/mol. The molecule has 1 heterocycles. The predicted molar refractivity (Wildman–Crippen MR) is 90.0 cm³/mol. The maximum Gasteiger partial charge on any atom is 0.275 e. The van der Waals surface area contributed by atoms with Crippen molar-refractivity contribution in [2.45, 2.75) is 25.9 Å². The number of hydrogen-bond donors (Lipinski definition) is 1. The van der Waals surface area contributed by atoms with Crippen molar-refractivity contribution in [3.8, 4) is 0 Å². The smallest absolute Gasteiger partial charge is 0.275 e. The summed E-state index contributed by atoms with van der Waals surface area (Å²) in [7, 11) is 0. The minimum atomic E-state index is -0.240. The van der Waals surface area contributed by atoms with Crippen molar-refractivity contribution in [1.82, 2.24) is 9.97 Å². The third kappa shape index (κ3) is 4.04. The van der Waals surface area contributed by atoms with Crippen molar-refractivity contribution in [2.75, 3.05) is 11.1 Å². The Hall–Kier alpha value is -1.40. The lowest BCUT2D eigenvalue weighted by Gasteiger charge is -2.10. The lowest BCUT2D eigenvalue weighted by molar-refractivity contribution is 0.102. The molecule has 0 fully saturated rings. The highest BCUT2D eigenvalue weighted by Gasteiger charge is 2.15. The Balaban J connectivity index is 2.27. The van der Waals surface area contributed by atoms with Crippen LogP contribution >= 0.6 is 27.7 Å². The minimum absolute atomic E-state index is 0.240. The highest BCUT2D eigenvalue weighted by molar-refractivity contribution is 9.10. The summed E-state index contributed by atoms with van der Waals surface area (Å²) in [5.74, 6) is 0.621. The molecule has 0 bridgehead atoms. The van der Waals surface area contributed by atoms with Gasteiger partial charge in [-0.05, 0) is 52.7 Å². The summed E-state index contributed by atoms with van der Waals surface area (Å²) in [5.41, 5.74) is 3.26. The second-order valence-corrected chi connectivity index (χ2v) is 6.64. The Labute approximate surface area is 136 Å². The van der Waals surface area contributed by atoms with E-state index in [0.717, 1.165) is 22.6 Å². The molecule has 2 aromatic rings. The van der Waals surface area contributed by atoms with Gasteiger partial charge in [-0.2, -0.15) is 0 Å². The molecule has 4 nitrogen and oxygen atoms in total. The summed E-state index contributed by atoms with van der Waals surface area (Å²) in [6.07, 6.45) is 1.61. The number of halogens is 1. The molecule has 0 radical (unpaired) electrons. The van der Waals surface area contributed by atoms with Crippen LogP contribution in [0, 0.1) is 13.8 Å². The van der Waals surface area contributed by atoms with Crippen molar-refractivity contribution < 1.29 is 4.79 Å². The lowest BCUT2D eigenvalue weighted by atomic mass is 10.1. The van der Waals surface area contributed by atoms with E-state index in [1.54, 1.807) is 6.20 Å². The second kappa shape index (κ2) is 7.04. The molecule has 110 valence electrons. The highest BCUT2D eigenvalue weighted by atomic mass is 79.9. The number of carbonyl (C=O) groups excluding carboxylic acids is 1. The molecule has 0 aliphatic heterocycles. The quantitative estimate of drug-likeness (QED) is 0.650. The molecule has 1 aromatic heterocycles. The summed E-state index contributed by atoms with van der Waals surface area (Å²) in [6.45, 7) is 5.97. The van der Waals surface area contributed by atoms with Crippen LogP contribution in [0.25, 0.3) is 0 Å². The van der Waals surface area contributed by atoms with Crippen LogP contribution in [0.2, 0.25) is 0 Å². The summed E-state index contributed by atoms with van der Waals surface area (Å²) in [4.78, 5) is 20.9. The third-order valence-corrected chi connectivity index (χ3v) is 4.18. The monoisotopic (exact) mass is 365 g/mol. The lowest BCUT2D eigenvalue weighted by Crippen LogP contribution is -2.16. The van der Waals surface area contributed by atoms with Crippen LogP contribution in [0.1, 0.15) is 28.5 Å². The maximum absolute atomic E-state index is 12.4. The maximum atomic E-state index is 12.4. The molecule has 1 N–H and O–H groups in total. The topological polar surface area (TPSA) is 54.9 Å². The summed E-state index contributed by atoms with van der Waals surface area (Å²) < 4.78 is 0.589. The molecule has 1 aromatic carbocycles. The average molecular weight is 366 g/mol. The first kappa shape index (κ1) is 16.0. The van der Waals surface area contributed by atoms with Gasteiger partial charge in [0.15, 0.2) is 5.16 Å². The van der Waals surface area contributed by atoms with Crippen LogP contribution in [0.3, 0.4) is 0 Å². The Morgan fingerprint density at radius 1 is 1.38 bits per heavy atom. The van der Waals surface area contributed by atoms with E-state index in [4.69, 9.17) is 0 Å². The number of aromatic nitrogens is 2. The third-order valence-electron chi connectivity index (χ3n) is 2.85. The van der Waals surface area contributed by atoms with Gasteiger partial charge in [0, 0.05) is 11.9 Å².